The standard InChI is InChI=1S/C13H8ClNO.C2H4O2.CH4/c14-10-7-5-9(6-8-10)13-15-11-3-1-2-4-12(11)16-13;1-2(3)4;/h1-8H;1H3,(H,3,4);1H4. The molecule has 0 unspecified atom stereocenters. The molecule has 110 valence electrons. The number of carboxylic acids is 1. The van der Waals surface area contributed by atoms with Crippen LogP contribution in [0.4, 0.5) is 0 Å². The Labute approximate surface area is 128 Å². The minimum atomic E-state index is -0.833. The molecule has 1 N–H and O–H groups in total. The van der Waals surface area contributed by atoms with Crippen LogP contribution in [0.15, 0.2) is 52.9 Å². The molecule has 1 heterocycles. The number of aromatic nitrogens is 1. The zero-order chi connectivity index (χ0) is 14.5. The molecule has 3 aromatic rings. The fraction of sp³-hybridized carbons (Fsp3) is 0.125. The maximum absolute atomic E-state index is 9.00. The first-order valence-electron chi connectivity index (χ1n) is 5.87. The molecule has 0 aliphatic carbocycles. The third-order valence-electron chi connectivity index (χ3n) is 2.39. The normalized spacial score (nSPS) is 9.43. The number of fused-ring (bicyclic) bond motifs is 1. The van der Waals surface area contributed by atoms with Crippen molar-refractivity contribution in [1.82, 2.24) is 4.98 Å². The van der Waals surface area contributed by atoms with Crippen molar-refractivity contribution in [3.8, 4) is 11.5 Å². The molecular formula is C16H16ClNO3. The molecule has 4 nitrogen and oxygen atoms in total. The minimum absolute atomic E-state index is 0. The molecule has 0 fully saturated rings. The van der Waals surface area contributed by atoms with E-state index in [9.17, 15) is 0 Å². The average Bonchev–Trinajstić information content (AvgIpc) is 2.82. The highest BCUT2D eigenvalue weighted by Gasteiger charge is 2.06. The Morgan fingerprint density at radius 2 is 1.71 bits per heavy atom. The van der Waals surface area contributed by atoms with Crippen molar-refractivity contribution < 1.29 is 14.3 Å². The van der Waals surface area contributed by atoms with Gasteiger partial charge in [0.05, 0.1) is 0 Å². The number of hydrogen-bond donors (Lipinski definition) is 1. The third kappa shape index (κ3) is 4.61. The van der Waals surface area contributed by atoms with E-state index >= 15 is 0 Å². The lowest BCUT2D eigenvalue weighted by molar-refractivity contribution is -0.134. The molecule has 3 rings (SSSR count). The summed E-state index contributed by atoms with van der Waals surface area (Å²) in [6, 6.07) is 15.1. The number of nitrogens with zero attached hydrogens (tertiary/aromatic N) is 1. The van der Waals surface area contributed by atoms with Crippen molar-refractivity contribution in [2.75, 3.05) is 0 Å². The molecule has 0 saturated carbocycles. The predicted octanol–water partition coefficient (Wildman–Crippen LogP) is 4.88. The second-order valence-corrected chi connectivity index (χ2v) is 4.45. The first-order valence-corrected chi connectivity index (χ1v) is 6.25. The molecule has 0 aliphatic rings. The van der Waals surface area contributed by atoms with Crippen LogP contribution in [0.25, 0.3) is 22.6 Å². The number of carboxylic acid groups (broad SMARTS) is 1. The molecule has 0 saturated heterocycles. The summed E-state index contributed by atoms with van der Waals surface area (Å²) >= 11 is 5.83. The number of benzene rings is 2. The van der Waals surface area contributed by atoms with Gasteiger partial charge in [0.2, 0.25) is 5.89 Å². The van der Waals surface area contributed by atoms with Crippen LogP contribution in [0.1, 0.15) is 14.4 Å². The van der Waals surface area contributed by atoms with Crippen molar-refractivity contribution in [1.29, 1.82) is 0 Å². The van der Waals surface area contributed by atoms with Gasteiger partial charge in [-0.05, 0) is 36.4 Å². The Balaban J connectivity index is 0.000000397. The van der Waals surface area contributed by atoms with Gasteiger partial charge in [0.1, 0.15) is 5.52 Å². The number of oxazole rings is 1. The van der Waals surface area contributed by atoms with Crippen LogP contribution in [0.2, 0.25) is 5.02 Å². The zero-order valence-electron chi connectivity index (χ0n) is 10.7. The van der Waals surface area contributed by atoms with E-state index in [2.05, 4.69) is 4.98 Å². The summed E-state index contributed by atoms with van der Waals surface area (Å²) in [7, 11) is 0. The van der Waals surface area contributed by atoms with Crippen molar-refractivity contribution in [2.45, 2.75) is 14.4 Å². The lowest BCUT2D eigenvalue weighted by Crippen LogP contribution is -1.78. The van der Waals surface area contributed by atoms with E-state index in [1.54, 1.807) is 0 Å². The molecule has 0 radical (unpaired) electrons. The third-order valence-corrected chi connectivity index (χ3v) is 2.64. The number of rotatable bonds is 1. The molecule has 0 bridgehead atoms. The lowest BCUT2D eigenvalue weighted by atomic mass is 10.2. The molecular weight excluding hydrogens is 290 g/mol. The first-order chi connectivity index (χ1) is 9.56. The van der Waals surface area contributed by atoms with Crippen LogP contribution >= 0.6 is 11.6 Å². The van der Waals surface area contributed by atoms with Crippen LogP contribution in [-0.2, 0) is 4.79 Å². The van der Waals surface area contributed by atoms with Crippen LogP contribution < -0.4 is 0 Å². The second kappa shape index (κ2) is 7.45. The topological polar surface area (TPSA) is 63.3 Å². The number of halogens is 1. The Bertz CT molecular complexity index is 683. The van der Waals surface area contributed by atoms with Crippen LogP contribution in [0, 0.1) is 0 Å². The highest BCUT2D eigenvalue weighted by atomic mass is 35.5. The van der Waals surface area contributed by atoms with Crippen LogP contribution in [0.5, 0.6) is 0 Å². The second-order valence-electron chi connectivity index (χ2n) is 4.01. The number of aliphatic carboxylic acids is 1. The Hall–Kier alpha value is -2.33. The molecule has 1 aromatic heterocycles. The van der Waals surface area contributed by atoms with E-state index in [1.165, 1.54) is 0 Å². The van der Waals surface area contributed by atoms with E-state index < -0.39 is 5.97 Å². The number of para-hydroxylation sites is 2. The highest BCUT2D eigenvalue weighted by molar-refractivity contribution is 6.30. The van der Waals surface area contributed by atoms with Gasteiger partial charge >= 0.3 is 0 Å². The van der Waals surface area contributed by atoms with E-state index in [-0.39, 0.29) is 7.43 Å². The summed E-state index contributed by atoms with van der Waals surface area (Å²) in [6.07, 6.45) is 0. The summed E-state index contributed by atoms with van der Waals surface area (Å²) in [5.74, 6) is -0.210. The number of hydrogen-bond acceptors (Lipinski definition) is 3. The quantitative estimate of drug-likeness (QED) is 0.696. The van der Waals surface area contributed by atoms with Gasteiger partial charge < -0.3 is 9.52 Å². The van der Waals surface area contributed by atoms with Crippen molar-refractivity contribution in [2.24, 2.45) is 0 Å². The molecule has 21 heavy (non-hydrogen) atoms. The van der Waals surface area contributed by atoms with E-state index in [1.807, 2.05) is 48.5 Å². The number of carbonyl (C=O) groups is 1. The summed E-state index contributed by atoms with van der Waals surface area (Å²) in [5, 5.41) is 8.12. The van der Waals surface area contributed by atoms with Crippen LogP contribution in [0.3, 0.4) is 0 Å². The fourth-order valence-corrected chi connectivity index (χ4v) is 1.71. The maximum atomic E-state index is 9.00. The van der Waals surface area contributed by atoms with Gasteiger partial charge in [-0.15, -0.1) is 0 Å². The average molecular weight is 306 g/mol. The van der Waals surface area contributed by atoms with E-state index in [0.717, 1.165) is 23.6 Å². The molecule has 0 atom stereocenters. The summed E-state index contributed by atoms with van der Waals surface area (Å²) in [5.41, 5.74) is 2.60. The molecule has 5 heteroatoms. The lowest BCUT2D eigenvalue weighted by Gasteiger charge is -1.94. The predicted molar refractivity (Wildman–Crippen MR) is 84.5 cm³/mol. The zero-order valence-corrected chi connectivity index (χ0v) is 11.5. The Kier molecular flexibility index (Phi) is 5.93. The summed E-state index contributed by atoms with van der Waals surface area (Å²) in [4.78, 5) is 13.4. The SMILES string of the molecule is C.CC(=O)O.Clc1ccc(-c2nc3ccccc3o2)cc1. The van der Waals surface area contributed by atoms with Gasteiger partial charge in [0.25, 0.3) is 5.97 Å². The Morgan fingerprint density at radius 3 is 2.29 bits per heavy atom. The van der Waals surface area contributed by atoms with Gasteiger partial charge in [0.15, 0.2) is 5.58 Å². The monoisotopic (exact) mass is 305 g/mol. The largest absolute Gasteiger partial charge is 0.481 e. The summed E-state index contributed by atoms with van der Waals surface area (Å²) < 4.78 is 5.64. The smallest absolute Gasteiger partial charge is 0.300 e. The van der Waals surface area contributed by atoms with Gasteiger partial charge in [-0.1, -0.05) is 31.2 Å². The molecule has 2 aromatic carbocycles. The van der Waals surface area contributed by atoms with Crippen LogP contribution in [-0.4, -0.2) is 16.1 Å². The van der Waals surface area contributed by atoms with Gasteiger partial charge in [0, 0.05) is 17.5 Å². The fourth-order valence-electron chi connectivity index (χ4n) is 1.59. The van der Waals surface area contributed by atoms with Crippen molar-refractivity contribution >= 4 is 28.7 Å². The molecule has 0 aliphatic heterocycles. The summed E-state index contributed by atoms with van der Waals surface area (Å²) in [6.45, 7) is 1.08. The molecule has 0 spiro atoms. The maximum Gasteiger partial charge on any atom is 0.300 e. The highest BCUT2D eigenvalue weighted by Crippen LogP contribution is 2.24. The molecule has 0 amide bonds. The Morgan fingerprint density at radius 1 is 1.14 bits per heavy atom. The van der Waals surface area contributed by atoms with Crippen molar-refractivity contribution in [3.05, 3.63) is 53.6 Å². The first kappa shape index (κ1) is 16.7. The van der Waals surface area contributed by atoms with Gasteiger partial charge in [-0.25, -0.2) is 4.98 Å². The van der Waals surface area contributed by atoms with Crippen molar-refractivity contribution in [3.63, 3.8) is 0 Å². The van der Waals surface area contributed by atoms with E-state index in [4.69, 9.17) is 25.9 Å². The minimum Gasteiger partial charge on any atom is -0.481 e. The van der Waals surface area contributed by atoms with Gasteiger partial charge in [-0.3, -0.25) is 4.79 Å². The van der Waals surface area contributed by atoms with E-state index in [0.29, 0.717) is 10.9 Å². The van der Waals surface area contributed by atoms with Gasteiger partial charge in [-0.2, -0.15) is 0 Å².